The van der Waals surface area contributed by atoms with Gasteiger partial charge < -0.3 is 10.7 Å². The highest BCUT2D eigenvalue weighted by Crippen LogP contribution is 2.32. The molecular weight excluding hydrogens is 280 g/mol. The minimum Gasteiger partial charge on any atom is -0.346 e. The van der Waals surface area contributed by atoms with Gasteiger partial charge in [-0.2, -0.15) is 5.10 Å². The Kier molecular flexibility index (Phi) is 3.38. The molecule has 0 fully saturated rings. The summed E-state index contributed by atoms with van der Waals surface area (Å²) in [6.45, 7) is 6.28. The molecule has 0 radical (unpaired) electrons. The fourth-order valence-electron chi connectivity index (χ4n) is 1.95. The molecule has 0 saturated heterocycles. The van der Waals surface area contributed by atoms with Crippen molar-refractivity contribution < 1.29 is 0 Å². The van der Waals surface area contributed by atoms with Crippen LogP contribution in [-0.4, -0.2) is 15.5 Å². The molecule has 2 rings (SSSR count). The Labute approximate surface area is 110 Å². The van der Waals surface area contributed by atoms with E-state index in [9.17, 15) is 0 Å². The van der Waals surface area contributed by atoms with Crippen molar-refractivity contribution in [2.75, 3.05) is 5.32 Å². The summed E-state index contributed by atoms with van der Waals surface area (Å²) in [5.74, 6) is 0.917. The van der Waals surface area contributed by atoms with Crippen molar-refractivity contribution >= 4 is 27.5 Å². The monoisotopic (exact) mass is 296 g/mol. The van der Waals surface area contributed by atoms with Gasteiger partial charge in [0.25, 0.3) is 0 Å². The van der Waals surface area contributed by atoms with Crippen molar-refractivity contribution in [2.24, 2.45) is 0 Å². The first kappa shape index (κ1) is 12.4. The maximum Gasteiger partial charge on any atom is 0.139 e. The number of nitrogens with zero attached hydrogens (tertiary/aromatic N) is 2. The number of fused-ring (bicyclic) bond motifs is 1. The van der Waals surface area contributed by atoms with Crippen LogP contribution in [-0.2, 0) is 0 Å². The van der Waals surface area contributed by atoms with E-state index in [2.05, 4.69) is 47.1 Å². The average molecular weight is 297 g/mol. The molecule has 1 aromatic heterocycles. The van der Waals surface area contributed by atoms with Crippen LogP contribution < -0.4 is 5.32 Å². The molecule has 92 valence electrons. The third-order valence-corrected chi connectivity index (χ3v) is 3.48. The Morgan fingerprint density at radius 2 is 2.29 bits per heavy atom. The Balaban J connectivity index is 2.52. The van der Waals surface area contributed by atoms with Gasteiger partial charge in [-0.05, 0) is 41.8 Å². The van der Waals surface area contributed by atoms with E-state index in [0.29, 0.717) is 12.1 Å². The minimum atomic E-state index is 0.270. The summed E-state index contributed by atoms with van der Waals surface area (Å²) >= 11 is 3.45. The van der Waals surface area contributed by atoms with Gasteiger partial charge in [-0.3, -0.25) is 0 Å². The Bertz CT molecular complexity index is 485. The first-order chi connectivity index (χ1) is 8.04. The number of anilines is 1. The zero-order chi connectivity index (χ0) is 12.6. The fraction of sp³-hybridized carbons (Fsp3) is 0.500. The molecule has 1 aliphatic heterocycles. The van der Waals surface area contributed by atoms with Gasteiger partial charge in [-0.15, -0.1) is 0 Å². The smallest absolute Gasteiger partial charge is 0.139 e. The quantitative estimate of drug-likeness (QED) is 0.874. The van der Waals surface area contributed by atoms with Crippen LogP contribution >= 0.6 is 15.9 Å². The van der Waals surface area contributed by atoms with Crippen LogP contribution in [0.3, 0.4) is 0 Å². The molecule has 0 bridgehead atoms. The van der Waals surface area contributed by atoms with Crippen molar-refractivity contribution in [3.63, 3.8) is 0 Å². The van der Waals surface area contributed by atoms with E-state index < -0.39 is 0 Å². The number of halogens is 1. The van der Waals surface area contributed by atoms with Crippen LogP contribution in [0, 0.1) is 5.41 Å². The maximum absolute atomic E-state index is 8.18. The second-order valence-corrected chi connectivity index (χ2v) is 5.26. The van der Waals surface area contributed by atoms with E-state index >= 15 is 0 Å². The topological polar surface area (TPSA) is 53.7 Å². The predicted octanol–water partition coefficient (Wildman–Crippen LogP) is 3.70. The van der Waals surface area contributed by atoms with Crippen LogP contribution in [0.1, 0.15) is 45.2 Å². The highest BCUT2D eigenvalue weighted by atomic mass is 79.9. The van der Waals surface area contributed by atoms with Gasteiger partial charge in [0.1, 0.15) is 10.4 Å². The van der Waals surface area contributed by atoms with Crippen molar-refractivity contribution in [2.45, 2.75) is 39.7 Å². The normalized spacial score (nSPS) is 15.4. The zero-order valence-corrected chi connectivity index (χ0v) is 11.9. The van der Waals surface area contributed by atoms with E-state index in [-0.39, 0.29) is 6.04 Å². The van der Waals surface area contributed by atoms with Crippen molar-refractivity contribution in [3.05, 3.63) is 21.9 Å². The van der Waals surface area contributed by atoms with E-state index in [0.717, 1.165) is 22.4 Å². The second kappa shape index (κ2) is 4.64. The van der Waals surface area contributed by atoms with Gasteiger partial charge >= 0.3 is 0 Å². The Morgan fingerprint density at radius 3 is 2.88 bits per heavy atom. The molecule has 0 aromatic carbocycles. The average Bonchev–Trinajstić information content (AvgIpc) is 2.51. The summed E-state index contributed by atoms with van der Waals surface area (Å²) in [5, 5.41) is 15.9. The van der Waals surface area contributed by atoms with Crippen LogP contribution in [0.25, 0.3) is 0 Å². The highest BCUT2D eigenvalue weighted by Gasteiger charge is 2.23. The number of hydrogen-bond donors (Lipinski definition) is 2. The third kappa shape index (κ3) is 2.16. The standard InChI is InChI=1S/C12H17BrN4/c1-4-8-5-9(14)10-11(13)16-17(7(2)3)12(10)15-6-8/h6-7,14-15H,4-5H2,1-3H3. The maximum atomic E-state index is 8.18. The number of hydrogen-bond acceptors (Lipinski definition) is 3. The fourth-order valence-corrected chi connectivity index (χ4v) is 2.55. The molecule has 0 saturated carbocycles. The number of nitrogens with one attached hydrogen (secondary N) is 2. The van der Waals surface area contributed by atoms with Gasteiger partial charge in [0.2, 0.25) is 0 Å². The van der Waals surface area contributed by atoms with Crippen LogP contribution in [0.5, 0.6) is 0 Å². The van der Waals surface area contributed by atoms with Crippen molar-refractivity contribution in [1.82, 2.24) is 9.78 Å². The molecule has 2 N–H and O–H groups in total. The zero-order valence-electron chi connectivity index (χ0n) is 10.3. The highest BCUT2D eigenvalue weighted by molar-refractivity contribution is 9.10. The molecule has 1 aliphatic rings. The lowest BCUT2D eigenvalue weighted by Gasteiger charge is -2.10. The van der Waals surface area contributed by atoms with E-state index in [1.165, 1.54) is 5.57 Å². The lowest BCUT2D eigenvalue weighted by molar-refractivity contribution is 0.537. The molecule has 0 amide bonds. The molecular formula is C12H17BrN4. The number of aromatic nitrogens is 2. The SMILES string of the molecule is CCC1=CNc2c(c(Br)nn2C(C)C)C(=N)C1. The van der Waals surface area contributed by atoms with Crippen LogP contribution in [0.2, 0.25) is 0 Å². The summed E-state index contributed by atoms with van der Waals surface area (Å²) in [6.07, 6.45) is 3.67. The Hall–Kier alpha value is -1.10. The molecule has 2 heterocycles. The number of allylic oxidation sites excluding steroid dienone is 1. The first-order valence-electron chi connectivity index (χ1n) is 5.84. The summed E-state index contributed by atoms with van der Waals surface area (Å²) in [7, 11) is 0. The van der Waals surface area contributed by atoms with Crippen molar-refractivity contribution in [3.8, 4) is 0 Å². The van der Waals surface area contributed by atoms with E-state index in [4.69, 9.17) is 5.41 Å². The molecule has 1 aromatic rings. The van der Waals surface area contributed by atoms with Gasteiger partial charge in [-0.25, -0.2) is 4.68 Å². The Morgan fingerprint density at radius 1 is 1.59 bits per heavy atom. The molecule has 0 spiro atoms. The molecule has 0 aliphatic carbocycles. The van der Waals surface area contributed by atoms with Gasteiger partial charge in [0, 0.05) is 24.4 Å². The molecule has 0 unspecified atom stereocenters. The van der Waals surface area contributed by atoms with Crippen LogP contribution in [0.15, 0.2) is 16.4 Å². The summed E-state index contributed by atoms with van der Waals surface area (Å²) < 4.78 is 2.67. The van der Waals surface area contributed by atoms with E-state index in [1.807, 2.05) is 10.9 Å². The summed E-state index contributed by atoms with van der Waals surface area (Å²) in [4.78, 5) is 0. The molecule has 17 heavy (non-hydrogen) atoms. The summed E-state index contributed by atoms with van der Waals surface area (Å²) in [5.41, 5.74) is 2.75. The van der Waals surface area contributed by atoms with Gasteiger partial charge in [0.15, 0.2) is 0 Å². The first-order valence-corrected chi connectivity index (χ1v) is 6.64. The van der Waals surface area contributed by atoms with Gasteiger partial charge in [-0.1, -0.05) is 6.92 Å². The van der Waals surface area contributed by atoms with Gasteiger partial charge in [0.05, 0.1) is 5.56 Å². The lowest BCUT2D eigenvalue weighted by atomic mass is 10.0. The van der Waals surface area contributed by atoms with Crippen LogP contribution in [0.4, 0.5) is 5.82 Å². The molecule has 5 heteroatoms. The predicted molar refractivity (Wildman–Crippen MR) is 73.8 cm³/mol. The van der Waals surface area contributed by atoms with E-state index in [1.54, 1.807) is 0 Å². The molecule has 0 atom stereocenters. The lowest BCUT2D eigenvalue weighted by Crippen LogP contribution is -2.07. The van der Waals surface area contributed by atoms with Crippen molar-refractivity contribution in [1.29, 1.82) is 5.41 Å². The minimum absolute atomic E-state index is 0.270. The largest absolute Gasteiger partial charge is 0.346 e. The second-order valence-electron chi connectivity index (χ2n) is 4.51. The third-order valence-electron chi connectivity index (χ3n) is 2.93. The molecule has 4 nitrogen and oxygen atoms in total. The number of rotatable bonds is 2. The summed E-state index contributed by atoms with van der Waals surface area (Å²) in [6, 6.07) is 0.270.